The predicted molar refractivity (Wildman–Crippen MR) is 73.2 cm³/mol. The van der Waals surface area contributed by atoms with Crippen LogP contribution in [0.2, 0.25) is 0 Å². The molecule has 1 saturated heterocycles. The molecule has 1 unspecified atom stereocenters. The van der Waals surface area contributed by atoms with Gasteiger partial charge in [-0.3, -0.25) is 4.79 Å². The maximum atomic E-state index is 12.1. The van der Waals surface area contributed by atoms with E-state index in [1.54, 1.807) is 0 Å². The molecule has 2 fully saturated rings. The second kappa shape index (κ2) is 5.57. The Morgan fingerprint density at radius 2 is 1.94 bits per heavy atom. The first kappa shape index (κ1) is 13.8. The second-order valence-corrected chi connectivity index (χ2v) is 6.14. The number of nitrogens with one attached hydrogen (secondary N) is 1. The van der Waals surface area contributed by atoms with Crippen LogP contribution in [-0.2, 0) is 4.79 Å². The lowest BCUT2D eigenvalue weighted by molar-refractivity contribution is -0.126. The van der Waals surface area contributed by atoms with Crippen molar-refractivity contribution >= 4 is 5.91 Å². The summed E-state index contributed by atoms with van der Waals surface area (Å²) >= 11 is 0. The molecule has 1 amide bonds. The molecule has 0 spiro atoms. The number of rotatable bonds is 5. The molecule has 1 saturated carbocycles. The van der Waals surface area contributed by atoms with Gasteiger partial charge in [0.05, 0.1) is 5.54 Å². The third-order valence-corrected chi connectivity index (χ3v) is 4.62. The number of amides is 1. The molecule has 0 aromatic rings. The summed E-state index contributed by atoms with van der Waals surface area (Å²) in [4.78, 5) is 14.5. The topological polar surface area (TPSA) is 58.4 Å². The highest BCUT2D eigenvalue weighted by Crippen LogP contribution is 2.38. The first-order chi connectivity index (χ1) is 8.54. The van der Waals surface area contributed by atoms with Gasteiger partial charge in [-0.25, -0.2) is 0 Å². The predicted octanol–water partition coefficient (Wildman–Crippen LogP) is 0.962. The van der Waals surface area contributed by atoms with Crippen LogP contribution in [0.5, 0.6) is 0 Å². The molecule has 0 aromatic carbocycles. The number of likely N-dealkylation sites (tertiary alicyclic amines) is 1. The van der Waals surface area contributed by atoms with E-state index >= 15 is 0 Å². The molecule has 4 nitrogen and oxygen atoms in total. The maximum Gasteiger partial charge on any atom is 0.240 e. The van der Waals surface area contributed by atoms with Crippen molar-refractivity contribution in [2.75, 3.05) is 26.2 Å². The molecular formula is C14H27N3O. The fourth-order valence-corrected chi connectivity index (χ4v) is 2.80. The lowest BCUT2D eigenvalue weighted by atomic mass is 9.94. The van der Waals surface area contributed by atoms with Gasteiger partial charge in [0, 0.05) is 6.54 Å². The van der Waals surface area contributed by atoms with Gasteiger partial charge >= 0.3 is 0 Å². The van der Waals surface area contributed by atoms with Crippen molar-refractivity contribution in [1.82, 2.24) is 10.2 Å². The number of nitrogens with zero attached hydrogens (tertiary/aromatic N) is 1. The van der Waals surface area contributed by atoms with Gasteiger partial charge < -0.3 is 16.0 Å². The summed E-state index contributed by atoms with van der Waals surface area (Å²) in [5.41, 5.74) is 5.46. The molecule has 2 aliphatic rings. The van der Waals surface area contributed by atoms with Crippen LogP contribution in [0.15, 0.2) is 0 Å². The second-order valence-electron chi connectivity index (χ2n) is 6.14. The van der Waals surface area contributed by atoms with E-state index in [-0.39, 0.29) is 5.91 Å². The van der Waals surface area contributed by atoms with E-state index in [1.807, 2.05) is 6.92 Å². The van der Waals surface area contributed by atoms with Crippen LogP contribution in [0.3, 0.4) is 0 Å². The van der Waals surface area contributed by atoms with Crippen LogP contribution in [0.4, 0.5) is 0 Å². The van der Waals surface area contributed by atoms with Gasteiger partial charge in [-0.1, -0.05) is 6.92 Å². The molecule has 1 atom stereocenters. The Balaban J connectivity index is 1.70. The Kier molecular flexibility index (Phi) is 4.28. The number of carbonyl (C=O) groups excluding carboxylic acids is 1. The van der Waals surface area contributed by atoms with Crippen molar-refractivity contribution in [2.45, 2.75) is 45.1 Å². The number of hydrogen-bond acceptors (Lipinski definition) is 3. The number of hydrogen-bond donors (Lipinski definition) is 2. The van der Waals surface area contributed by atoms with E-state index in [0.717, 1.165) is 25.9 Å². The normalized spacial score (nSPS) is 25.7. The van der Waals surface area contributed by atoms with Crippen LogP contribution < -0.4 is 11.1 Å². The van der Waals surface area contributed by atoms with E-state index < -0.39 is 5.54 Å². The van der Waals surface area contributed by atoms with E-state index in [2.05, 4.69) is 17.1 Å². The molecule has 3 N–H and O–H groups in total. The Morgan fingerprint density at radius 3 is 2.44 bits per heavy atom. The first-order valence-corrected chi connectivity index (χ1v) is 7.33. The van der Waals surface area contributed by atoms with Gasteiger partial charge in [-0.15, -0.1) is 0 Å². The summed E-state index contributed by atoms with van der Waals surface area (Å²) in [6.07, 6.45) is 4.60. The zero-order chi connectivity index (χ0) is 13.2. The maximum absolute atomic E-state index is 12.1. The average Bonchev–Trinajstić information content (AvgIpc) is 3.21. The fourth-order valence-electron chi connectivity index (χ4n) is 2.80. The first-order valence-electron chi connectivity index (χ1n) is 7.33. The Hall–Kier alpha value is -0.610. The lowest BCUT2D eigenvalue weighted by Gasteiger charge is -2.32. The van der Waals surface area contributed by atoms with Crippen molar-refractivity contribution in [3.63, 3.8) is 0 Å². The van der Waals surface area contributed by atoms with Crippen LogP contribution in [-0.4, -0.2) is 42.5 Å². The summed E-state index contributed by atoms with van der Waals surface area (Å²) < 4.78 is 0. The molecule has 104 valence electrons. The highest BCUT2D eigenvalue weighted by atomic mass is 16.2. The highest BCUT2D eigenvalue weighted by Gasteiger charge is 2.44. The van der Waals surface area contributed by atoms with Gasteiger partial charge in [0.1, 0.15) is 0 Å². The molecule has 1 aliphatic heterocycles. The monoisotopic (exact) mass is 253 g/mol. The van der Waals surface area contributed by atoms with Gasteiger partial charge in [-0.2, -0.15) is 0 Å². The Morgan fingerprint density at radius 1 is 1.33 bits per heavy atom. The highest BCUT2D eigenvalue weighted by molar-refractivity contribution is 5.86. The van der Waals surface area contributed by atoms with Gasteiger partial charge in [-0.05, 0) is 64.1 Å². The SMILES string of the molecule is CCN1CCC(CNC(=O)C(C)(N)C2CC2)CC1. The van der Waals surface area contributed by atoms with Crippen molar-refractivity contribution in [3.05, 3.63) is 0 Å². The van der Waals surface area contributed by atoms with Crippen molar-refractivity contribution in [1.29, 1.82) is 0 Å². The zero-order valence-corrected chi connectivity index (χ0v) is 11.7. The van der Waals surface area contributed by atoms with E-state index in [4.69, 9.17) is 5.73 Å². The Labute approximate surface area is 110 Å². The van der Waals surface area contributed by atoms with Crippen molar-refractivity contribution < 1.29 is 4.79 Å². The molecule has 4 heteroatoms. The van der Waals surface area contributed by atoms with Crippen LogP contribution in [0.25, 0.3) is 0 Å². The minimum atomic E-state index is -0.649. The molecule has 0 aromatic heterocycles. The molecule has 0 radical (unpaired) electrons. The van der Waals surface area contributed by atoms with Gasteiger partial charge in [0.2, 0.25) is 5.91 Å². The molecule has 2 rings (SSSR count). The minimum absolute atomic E-state index is 0.0444. The van der Waals surface area contributed by atoms with E-state index in [1.165, 1.54) is 25.9 Å². The van der Waals surface area contributed by atoms with Gasteiger partial charge in [0.15, 0.2) is 0 Å². The van der Waals surface area contributed by atoms with Crippen molar-refractivity contribution in [3.8, 4) is 0 Å². The number of piperidine rings is 1. The van der Waals surface area contributed by atoms with Crippen molar-refractivity contribution in [2.24, 2.45) is 17.6 Å². The van der Waals surface area contributed by atoms with E-state index in [0.29, 0.717) is 11.8 Å². The molecule has 1 aliphatic carbocycles. The summed E-state index contributed by atoms with van der Waals surface area (Å²) in [6, 6.07) is 0. The summed E-state index contributed by atoms with van der Waals surface area (Å²) in [7, 11) is 0. The number of carbonyl (C=O) groups is 1. The summed E-state index contributed by atoms with van der Waals surface area (Å²) in [6.45, 7) is 8.36. The molecular weight excluding hydrogens is 226 g/mol. The number of nitrogens with two attached hydrogens (primary N) is 1. The zero-order valence-electron chi connectivity index (χ0n) is 11.7. The lowest BCUT2D eigenvalue weighted by Crippen LogP contribution is -2.54. The molecule has 0 bridgehead atoms. The molecule has 18 heavy (non-hydrogen) atoms. The van der Waals surface area contributed by atoms with Crippen LogP contribution in [0, 0.1) is 11.8 Å². The smallest absolute Gasteiger partial charge is 0.240 e. The average molecular weight is 253 g/mol. The standard InChI is InChI=1S/C14H27N3O/c1-3-17-8-6-11(7-9-17)10-16-13(18)14(2,15)12-4-5-12/h11-12H,3-10,15H2,1-2H3,(H,16,18). The van der Waals surface area contributed by atoms with Crippen LogP contribution >= 0.6 is 0 Å². The Bertz CT molecular complexity index is 291. The largest absolute Gasteiger partial charge is 0.354 e. The summed E-state index contributed by atoms with van der Waals surface area (Å²) in [5.74, 6) is 1.08. The fraction of sp³-hybridized carbons (Fsp3) is 0.929. The van der Waals surface area contributed by atoms with E-state index in [9.17, 15) is 4.79 Å². The van der Waals surface area contributed by atoms with Gasteiger partial charge in [0.25, 0.3) is 0 Å². The minimum Gasteiger partial charge on any atom is -0.354 e. The third-order valence-electron chi connectivity index (χ3n) is 4.62. The molecule has 1 heterocycles. The quantitative estimate of drug-likeness (QED) is 0.767. The third kappa shape index (κ3) is 3.23. The van der Waals surface area contributed by atoms with Crippen LogP contribution in [0.1, 0.15) is 39.5 Å². The summed E-state index contributed by atoms with van der Waals surface area (Å²) in [5, 5.41) is 3.06.